The molecule has 5 heterocycles. The maximum atomic E-state index is 12.8. The Morgan fingerprint density at radius 2 is 1.74 bits per heavy atom. The molecule has 0 N–H and O–H groups in total. The number of rotatable bonds is 7. The molecule has 5 heteroatoms. The fourth-order valence-electron chi connectivity index (χ4n) is 8.70. The zero-order valence-electron chi connectivity index (χ0n) is 22.5. The highest BCUT2D eigenvalue weighted by molar-refractivity contribution is 6.77. The number of aryl methyl sites for hydroxylation is 1. The minimum atomic E-state index is -1.95. The Hall–Kier alpha value is -1.43. The predicted octanol–water partition coefficient (Wildman–Crippen LogP) is 6.49. The van der Waals surface area contributed by atoms with Gasteiger partial charge in [0, 0.05) is 54.7 Å². The number of Topliss-reactive ketones (excluding diaryl/α,β-unsaturated/α-hetero) is 1. The number of para-hydroxylation sites is 1. The molecule has 4 nitrogen and oxygen atoms in total. The van der Waals surface area contributed by atoms with E-state index in [1.807, 2.05) is 6.92 Å². The highest BCUT2D eigenvalue weighted by Crippen LogP contribution is 2.55. The summed E-state index contributed by atoms with van der Waals surface area (Å²) in [7, 11) is 0.289. The van der Waals surface area contributed by atoms with Crippen LogP contribution in [0.1, 0.15) is 72.2 Å². The van der Waals surface area contributed by atoms with Crippen LogP contribution in [-0.2, 0) is 22.7 Å². The number of carbonyl (C=O) groups excluding carboxylic acids is 1. The summed E-state index contributed by atoms with van der Waals surface area (Å²) in [6, 6.07) is 9.82. The Bertz CT molecular complexity index is 1070. The highest BCUT2D eigenvalue weighted by atomic mass is 28.4. The average Bonchev–Trinajstić information content (AvgIpc) is 3.06. The van der Waals surface area contributed by atoms with E-state index in [0.717, 1.165) is 26.0 Å². The van der Waals surface area contributed by atoms with Gasteiger partial charge >= 0.3 is 0 Å². The lowest BCUT2D eigenvalue weighted by molar-refractivity contribution is -0.144. The zero-order valence-corrected chi connectivity index (χ0v) is 23.5. The Kier molecular flexibility index (Phi) is 6.14. The number of hydrogen-bond acceptors (Lipinski definition) is 3. The van der Waals surface area contributed by atoms with E-state index in [9.17, 15) is 4.79 Å². The van der Waals surface area contributed by atoms with Gasteiger partial charge in [0.2, 0.25) is 0 Å². The standard InChI is InChI=1S/C29H44N2O2Si/c1-17(2)34(18(3)4,19(5)6)33-16-25-22-13-28-29-23(21-11-9-10-12-26(21)30(29)8)14-27(25)31(28)15-24(22)20(7)32/h9-12,17-19,22,24-25,27-28H,13-16H2,1-8H3/t22-,24-,25+,27-,28-/m0/s1. The van der Waals surface area contributed by atoms with E-state index in [0.29, 0.717) is 46.3 Å². The number of piperidine rings is 3. The summed E-state index contributed by atoms with van der Waals surface area (Å²) >= 11 is 0. The van der Waals surface area contributed by atoms with Crippen LogP contribution in [0.25, 0.3) is 10.9 Å². The summed E-state index contributed by atoms with van der Waals surface area (Å²) in [6.45, 7) is 17.8. The summed E-state index contributed by atoms with van der Waals surface area (Å²) in [4.78, 5) is 15.5. The van der Waals surface area contributed by atoms with Gasteiger partial charge in [-0.25, -0.2) is 0 Å². The molecule has 1 unspecified atom stereocenters. The Labute approximate surface area is 207 Å². The summed E-state index contributed by atoms with van der Waals surface area (Å²) in [5.74, 6) is 1.40. The maximum absolute atomic E-state index is 12.8. The molecule has 1 aromatic carbocycles. The third-order valence-electron chi connectivity index (χ3n) is 10.0. The van der Waals surface area contributed by atoms with Crippen LogP contribution < -0.4 is 0 Å². The van der Waals surface area contributed by atoms with Crippen molar-refractivity contribution in [2.75, 3.05) is 13.2 Å². The second kappa shape index (κ2) is 8.60. The molecule has 3 fully saturated rings. The third kappa shape index (κ3) is 3.33. The Balaban J connectivity index is 1.54. The van der Waals surface area contributed by atoms with Crippen molar-refractivity contribution in [1.82, 2.24) is 9.47 Å². The smallest absolute Gasteiger partial charge is 0.200 e. The second-order valence-corrected chi connectivity index (χ2v) is 17.8. The van der Waals surface area contributed by atoms with Gasteiger partial charge in [-0.15, -0.1) is 0 Å². The molecule has 0 amide bonds. The minimum Gasteiger partial charge on any atom is -0.416 e. The van der Waals surface area contributed by atoms with Gasteiger partial charge < -0.3 is 8.99 Å². The van der Waals surface area contributed by atoms with Gasteiger partial charge in [-0.2, -0.15) is 0 Å². The van der Waals surface area contributed by atoms with Crippen molar-refractivity contribution in [3.8, 4) is 0 Å². The van der Waals surface area contributed by atoms with E-state index in [2.05, 4.69) is 82.3 Å². The first-order valence-corrected chi connectivity index (χ1v) is 15.7. The molecule has 4 aliphatic rings. The summed E-state index contributed by atoms with van der Waals surface area (Å²) in [6.07, 6.45) is 2.17. The fourth-order valence-corrected chi connectivity index (χ4v) is 14.2. The zero-order chi connectivity index (χ0) is 24.5. The van der Waals surface area contributed by atoms with Gasteiger partial charge in [-0.05, 0) is 53.9 Å². The lowest BCUT2D eigenvalue weighted by Gasteiger charge is -2.60. The lowest BCUT2D eigenvalue weighted by atomic mass is 9.61. The van der Waals surface area contributed by atoms with Crippen LogP contribution >= 0.6 is 0 Å². The van der Waals surface area contributed by atoms with Crippen molar-refractivity contribution in [1.29, 1.82) is 0 Å². The number of benzene rings is 1. The SMILES string of the molecule is CC(=O)[C@@H]1CN2[C@H]3C[C@@H]1[C@@H](CO[Si](C(C)C)(C(C)C)C(C)C)[C@@H]2Cc1c3n(C)c2ccccc12. The first-order chi connectivity index (χ1) is 16.1. The molecule has 4 aliphatic heterocycles. The van der Waals surface area contributed by atoms with Crippen molar-refractivity contribution < 1.29 is 9.22 Å². The highest BCUT2D eigenvalue weighted by Gasteiger charge is 2.57. The fraction of sp³-hybridized carbons (Fsp3) is 0.690. The van der Waals surface area contributed by atoms with Gasteiger partial charge in [0.25, 0.3) is 0 Å². The van der Waals surface area contributed by atoms with Gasteiger partial charge in [-0.3, -0.25) is 9.69 Å². The molecule has 4 bridgehead atoms. The molecule has 34 heavy (non-hydrogen) atoms. The monoisotopic (exact) mass is 480 g/mol. The van der Waals surface area contributed by atoms with Crippen molar-refractivity contribution in [3.63, 3.8) is 0 Å². The van der Waals surface area contributed by atoms with Crippen LogP contribution in [0.3, 0.4) is 0 Å². The first kappa shape index (κ1) is 24.3. The first-order valence-electron chi connectivity index (χ1n) is 13.6. The lowest BCUT2D eigenvalue weighted by Crippen LogP contribution is -2.65. The maximum Gasteiger partial charge on any atom is 0.200 e. The Morgan fingerprint density at radius 3 is 2.35 bits per heavy atom. The number of ketones is 1. The quantitative estimate of drug-likeness (QED) is 0.425. The summed E-state index contributed by atoms with van der Waals surface area (Å²) in [5, 5.41) is 1.42. The van der Waals surface area contributed by atoms with Crippen LogP contribution in [0.5, 0.6) is 0 Å². The Morgan fingerprint density at radius 1 is 1.09 bits per heavy atom. The molecule has 0 aliphatic carbocycles. The molecule has 186 valence electrons. The van der Waals surface area contributed by atoms with Crippen LogP contribution in [-0.4, -0.2) is 42.8 Å². The van der Waals surface area contributed by atoms with E-state index >= 15 is 0 Å². The van der Waals surface area contributed by atoms with E-state index < -0.39 is 8.32 Å². The number of hydrogen-bond donors (Lipinski definition) is 0. The normalized spacial score (nSPS) is 30.6. The van der Waals surface area contributed by atoms with E-state index in [1.54, 1.807) is 5.56 Å². The van der Waals surface area contributed by atoms with Gasteiger partial charge in [0.1, 0.15) is 5.78 Å². The minimum absolute atomic E-state index is 0.158. The molecule has 6 atom stereocenters. The molecule has 0 spiro atoms. The summed E-state index contributed by atoms with van der Waals surface area (Å²) < 4.78 is 9.64. The molecular weight excluding hydrogens is 436 g/mol. The van der Waals surface area contributed by atoms with E-state index in [4.69, 9.17) is 4.43 Å². The number of aromatic nitrogens is 1. The van der Waals surface area contributed by atoms with Gasteiger partial charge in [0.15, 0.2) is 8.32 Å². The molecule has 2 aromatic rings. The van der Waals surface area contributed by atoms with Crippen LogP contribution in [0.2, 0.25) is 16.6 Å². The van der Waals surface area contributed by atoms with Crippen LogP contribution in [0.4, 0.5) is 0 Å². The molecule has 6 rings (SSSR count). The molecule has 3 saturated heterocycles. The molecule has 1 aromatic heterocycles. The number of fused-ring (bicyclic) bond motifs is 4. The molecule has 0 saturated carbocycles. The molecule has 0 radical (unpaired) electrons. The van der Waals surface area contributed by atoms with Crippen LogP contribution in [0.15, 0.2) is 24.3 Å². The average molecular weight is 481 g/mol. The van der Waals surface area contributed by atoms with Crippen LogP contribution in [0, 0.1) is 17.8 Å². The second-order valence-electron chi connectivity index (χ2n) is 12.3. The van der Waals surface area contributed by atoms with Crippen molar-refractivity contribution in [2.45, 2.75) is 90.0 Å². The summed E-state index contributed by atoms with van der Waals surface area (Å²) in [5.41, 5.74) is 6.15. The van der Waals surface area contributed by atoms with Crippen molar-refractivity contribution >= 4 is 25.0 Å². The third-order valence-corrected chi connectivity index (χ3v) is 16.1. The molecular formula is C29H44N2O2Si. The largest absolute Gasteiger partial charge is 0.416 e. The number of carbonyl (C=O) groups is 1. The van der Waals surface area contributed by atoms with Gasteiger partial charge in [-0.1, -0.05) is 59.7 Å². The van der Waals surface area contributed by atoms with Crippen molar-refractivity contribution in [3.05, 3.63) is 35.5 Å². The number of nitrogens with zero attached hydrogens (tertiary/aromatic N) is 2. The predicted molar refractivity (Wildman–Crippen MR) is 143 cm³/mol. The van der Waals surface area contributed by atoms with Crippen molar-refractivity contribution in [2.24, 2.45) is 24.8 Å². The van der Waals surface area contributed by atoms with E-state index in [1.165, 1.54) is 16.6 Å². The van der Waals surface area contributed by atoms with Gasteiger partial charge in [0.05, 0.1) is 6.04 Å². The van der Waals surface area contributed by atoms with E-state index in [-0.39, 0.29) is 5.92 Å². The topological polar surface area (TPSA) is 34.5 Å².